The third kappa shape index (κ3) is 2.14. The molecule has 1 aromatic heterocycles. The molecule has 0 unspecified atom stereocenters. The van der Waals surface area contributed by atoms with Gasteiger partial charge in [-0.1, -0.05) is 0 Å². The molecule has 2 rings (SSSR count). The molecule has 5 nitrogen and oxygen atoms in total. The number of hydrogen-bond donors (Lipinski definition) is 3. The minimum absolute atomic E-state index is 0.112. The highest BCUT2D eigenvalue weighted by Gasteiger charge is 2.15. The van der Waals surface area contributed by atoms with Gasteiger partial charge in [-0.3, -0.25) is 5.10 Å². The Morgan fingerprint density at radius 1 is 1.41 bits per heavy atom. The summed E-state index contributed by atoms with van der Waals surface area (Å²) < 4.78 is 13.3. The minimum atomic E-state index is -1.18. The predicted octanol–water partition coefficient (Wildman–Crippen LogP) is 2.38. The molecule has 0 amide bonds. The van der Waals surface area contributed by atoms with Crippen molar-refractivity contribution < 1.29 is 19.4 Å². The molecule has 0 atom stereocenters. The van der Waals surface area contributed by atoms with Gasteiger partial charge in [0.2, 0.25) is 0 Å². The molecule has 0 saturated carbocycles. The molecule has 7 heteroatoms. The van der Waals surface area contributed by atoms with Gasteiger partial charge in [0.05, 0.1) is 10.2 Å². The zero-order valence-electron chi connectivity index (χ0n) is 8.24. The number of benzene rings is 1. The van der Waals surface area contributed by atoms with Crippen LogP contribution in [0.25, 0.3) is 11.3 Å². The van der Waals surface area contributed by atoms with E-state index in [0.717, 1.165) is 12.1 Å². The summed E-state index contributed by atoms with van der Waals surface area (Å²) in [5.74, 6) is -1.95. The Morgan fingerprint density at radius 3 is 2.71 bits per heavy atom. The summed E-state index contributed by atoms with van der Waals surface area (Å²) in [6.45, 7) is 0. The Hall–Kier alpha value is -1.89. The van der Waals surface area contributed by atoms with E-state index < -0.39 is 11.8 Å². The van der Waals surface area contributed by atoms with Crippen LogP contribution in [0.1, 0.15) is 10.5 Å². The SMILES string of the molecule is O=C(O)c1cc(-c2cc(F)cc(Br)c2O)n[nH]1. The van der Waals surface area contributed by atoms with Crippen LogP contribution >= 0.6 is 15.9 Å². The summed E-state index contributed by atoms with van der Waals surface area (Å²) in [7, 11) is 0. The summed E-state index contributed by atoms with van der Waals surface area (Å²) in [4.78, 5) is 10.6. The normalized spacial score (nSPS) is 10.5. The lowest BCUT2D eigenvalue weighted by atomic mass is 10.1. The second-order valence-corrected chi connectivity index (χ2v) is 4.11. The number of aromatic hydroxyl groups is 1. The highest BCUT2D eigenvalue weighted by molar-refractivity contribution is 9.10. The molecular weight excluding hydrogens is 295 g/mol. The van der Waals surface area contributed by atoms with Crippen molar-refractivity contribution in [3.8, 4) is 17.0 Å². The van der Waals surface area contributed by atoms with E-state index in [-0.39, 0.29) is 27.2 Å². The van der Waals surface area contributed by atoms with Crippen LogP contribution in [-0.4, -0.2) is 26.4 Å². The van der Waals surface area contributed by atoms with Gasteiger partial charge in [-0.05, 0) is 34.1 Å². The molecule has 3 N–H and O–H groups in total. The number of carbonyl (C=O) groups is 1. The van der Waals surface area contributed by atoms with Crippen LogP contribution < -0.4 is 0 Å². The maximum absolute atomic E-state index is 13.2. The number of hydrogen-bond acceptors (Lipinski definition) is 3. The fourth-order valence-corrected chi connectivity index (χ4v) is 1.76. The number of nitrogens with one attached hydrogen (secondary N) is 1. The number of carboxylic acids is 1. The van der Waals surface area contributed by atoms with Crippen molar-refractivity contribution in [3.63, 3.8) is 0 Å². The molecular formula is C10H6BrFN2O3. The highest BCUT2D eigenvalue weighted by Crippen LogP contribution is 2.35. The molecule has 0 aliphatic heterocycles. The Morgan fingerprint density at radius 2 is 2.12 bits per heavy atom. The van der Waals surface area contributed by atoms with E-state index >= 15 is 0 Å². The molecule has 0 radical (unpaired) electrons. The van der Waals surface area contributed by atoms with Crippen LogP contribution in [0.3, 0.4) is 0 Å². The first-order valence-electron chi connectivity index (χ1n) is 4.46. The molecule has 2 aromatic rings. The summed E-state index contributed by atoms with van der Waals surface area (Å²) in [6.07, 6.45) is 0. The van der Waals surface area contributed by atoms with Crippen molar-refractivity contribution in [2.75, 3.05) is 0 Å². The van der Waals surface area contributed by atoms with Crippen LogP contribution in [0.4, 0.5) is 4.39 Å². The van der Waals surface area contributed by atoms with Crippen molar-refractivity contribution in [2.45, 2.75) is 0 Å². The Balaban J connectivity index is 2.56. The zero-order valence-corrected chi connectivity index (χ0v) is 9.82. The number of aromatic nitrogens is 2. The summed E-state index contributed by atoms with van der Waals surface area (Å²) >= 11 is 2.99. The van der Waals surface area contributed by atoms with Gasteiger partial charge in [0.1, 0.15) is 17.3 Å². The Kier molecular flexibility index (Phi) is 2.84. The molecule has 17 heavy (non-hydrogen) atoms. The van der Waals surface area contributed by atoms with Gasteiger partial charge < -0.3 is 10.2 Å². The van der Waals surface area contributed by atoms with Gasteiger partial charge in [0.15, 0.2) is 0 Å². The van der Waals surface area contributed by atoms with Crippen LogP contribution in [0, 0.1) is 5.82 Å². The van der Waals surface area contributed by atoms with Crippen molar-refractivity contribution in [2.24, 2.45) is 0 Å². The predicted molar refractivity (Wildman–Crippen MR) is 60.3 cm³/mol. The average molecular weight is 301 g/mol. The molecule has 1 heterocycles. The number of carboxylic acid groups (broad SMARTS) is 1. The summed E-state index contributed by atoms with van der Waals surface area (Å²) in [5.41, 5.74) is 0.125. The number of nitrogens with zero attached hydrogens (tertiary/aromatic N) is 1. The van der Waals surface area contributed by atoms with Gasteiger partial charge in [-0.15, -0.1) is 0 Å². The number of aromatic amines is 1. The van der Waals surface area contributed by atoms with Crippen molar-refractivity contribution in [1.29, 1.82) is 0 Å². The van der Waals surface area contributed by atoms with Crippen molar-refractivity contribution >= 4 is 21.9 Å². The molecule has 1 aromatic carbocycles. The lowest BCUT2D eigenvalue weighted by molar-refractivity contribution is 0.0690. The molecule has 88 valence electrons. The van der Waals surface area contributed by atoms with E-state index in [1.807, 2.05) is 0 Å². The largest absolute Gasteiger partial charge is 0.506 e. The van der Waals surface area contributed by atoms with E-state index in [0.29, 0.717) is 0 Å². The first-order chi connectivity index (χ1) is 7.99. The average Bonchev–Trinajstić information content (AvgIpc) is 2.72. The number of aromatic carboxylic acids is 1. The molecule has 0 aliphatic carbocycles. The van der Waals surface area contributed by atoms with Gasteiger partial charge in [-0.25, -0.2) is 9.18 Å². The molecule has 0 fully saturated rings. The molecule has 0 saturated heterocycles. The van der Waals surface area contributed by atoms with Crippen molar-refractivity contribution in [3.05, 3.63) is 34.2 Å². The monoisotopic (exact) mass is 300 g/mol. The zero-order chi connectivity index (χ0) is 12.6. The summed E-state index contributed by atoms with van der Waals surface area (Å²) in [6, 6.07) is 3.38. The number of phenols is 1. The number of halogens is 2. The van der Waals surface area contributed by atoms with Crippen LogP contribution in [0.5, 0.6) is 5.75 Å². The number of rotatable bonds is 2. The van der Waals surface area contributed by atoms with E-state index in [1.165, 1.54) is 6.07 Å². The third-order valence-corrected chi connectivity index (χ3v) is 2.72. The lowest BCUT2D eigenvalue weighted by Gasteiger charge is -2.03. The summed E-state index contributed by atoms with van der Waals surface area (Å²) in [5, 5.41) is 24.4. The fourth-order valence-electron chi connectivity index (χ4n) is 1.33. The molecule has 0 aliphatic rings. The van der Waals surface area contributed by atoms with E-state index in [9.17, 15) is 14.3 Å². The van der Waals surface area contributed by atoms with Gasteiger partial charge in [0.25, 0.3) is 0 Å². The topological polar surface area (TPSA) is 86.2 Å². The van der Waals surface area contributed by atoms with Crippen LogP contribution in [0.15, 0.2) is 22.7 Å². The third-order valence-electron chi connectivity index (χ3n) is 2.11. The Labute approximate surface area is 103 Å². The molecule has 0 bridgehead atoms. The number of phenolic OH excluding ortho intramolecular Hbond substituents is 1. The van der Waals surface area contributed by atoms with E-state index in [4.69, 9.17) is 5.11 Å². The van der Waals surface area contributed by atoms with Crippen molar-refractivity contribution in [1.82, 2.24) is 10.2 Å². The fraction of sp³-hybridized carbons (Fsp3) is 0. The standard InChI is InChI=1S/C10H6BrFN2O3/c11-6-2-4(12)1-5(9(6)15)7-3-8(10(16)17)14-13-7/h1-3,15H,(H,13,14)(H,16,17). The van der Waals surface area contributed by atoms with Gasteiger partial charge in [0, 0.05) is 5.56 Å². The minimum Gasteiger partial charge on any atom is -0.506 e. The van der Waals surface area contributed by atoms with Gasteiger partial charge >= 0.3 is 5.97 Å². The van der Waals surface area contributed by atoms with E-state index in [2.05, 4.69) is 26.1 Å². The Bertz CT molecular complexity index is 597. The van der Waals surface area contributed by atoms with Crippen LogP contribution in [0.2, 0.25) is 0 Å². The maximum atomic E-state index is 13.2. The first-order valence-corrected chi connectivity index (χ1v) is 5.25. The highest BCUT2D eigenvalue weighted by atomic mass is 79.9. The first kappa shape index (κ1) is 11.6. The molecule has 0 spiro atoms. The number of H-pyrrole nitrogens is 1. The van der Waals surface area contributed by atoms with Crippen LogP contribution in [-0.2, 0) is 0 Å². The second kappa shape index (κ2) is 4.17. The van der Waals surface area contributed by atoms with Gasteiger partial charge in [-0.2, -0.15) is 5.10 Å². The van der Waals surface area contributed by atoms with E-state index in [1.54, 1.807) is 0 Å². The quantitative estimate of drug-likeness (QED) is 0.795. The maximum Gasteiger partial charge on any atom is 0.353 e. The lowest BCUT2D eigenvalue weighted by Crippen LogP contribution is -1.95. The second-order valence-electron chi connectivity index (χ2n) is 3.26. The smallest absolute Gasteiger partial charge is 0.353 e.